The number of benzene rings is 11. The van der Waals surface area contributed by atoms with Crippen molar-refractivity contribution in [1.29, 1.82) is 0 Å². The van der Waals surface area contributed by atoms with Crippen molar-refractivity contribution >= 4 is 100 Å². The van der Waals surface area contributed by atoms with Gasteiger partial charge in [-0.25, -0.2) is 15.0 Å². The van der Waals surface area contributed by atoms with Gasteiger partial charge in [0.25, 0.3) is 6.71 Å². The third-order valence-electron chi connectivity index (χ3n) is 17.6. The maximum atomic E-state index is 5.72. The molecule has 0 bridgehead atoms. The molecule has 0 N–H and O–H groups in total. The van der Waals surface area contributed by atoms with Gasteiger partial charge in [-0.15, -0.1) is 0 Å². The Morgan fingerprint density at radius 3 is 0.976 bits per heavy atom. The molecule has 5 nitrogen and oxygen atoms in total. The summed E-state index contributed by atoms with van der Waals surface area (Å²) >= 11 is 0. The van der Waals surface area contributed by atoms with Crippen molar-refractivity contribution in [2.75, 3.05) is 9.80 Å². The second-order valence-corrected chi connectivity index (χ2v) is 27.4. The Labute approximate surface area is 489 Å². The van der Waals surface area contributed by atoms with E-state index in [4.69, 9.17) is 15.0 Å². The highest BCUT2D eigenvalue weighted by atomic mass is 15.2. The Morgan fingerprint density at radius 1 is 0.289 bits per heavy atom. The summed E-state index contributed by atoms with van der Waals surface area (Å²) in [4.78, 5) is 22.1. The molecular formula is C77H70BN5. The van der Waals surface area contributed by atoms with Crippen LogP contribution in [0.1, 0.15) is 105 Å². The third kappa shape index (κ3) is 8.97. The van der Waals surface area contributed by atoms with Crippen LogP contribution in [0.3, 0.4) is 0 Å². The second kappa shape index (κ2) is 18.8. The quantitative estimate of drug-likeness (QED) is 0.127. The standard InChI is InChI=1S/C77H70BN5/c1-74(2,3)54-35-51(36-55(43-54)75(4,5)6)71-79-72(52-37-56(76(7,8)9)44-57(38-52)77(10,11)12)81-73(80-71)53-41-68-70-69(42-53)83(59-27-17-14-18-28-59)67-46-63-50(34-32-48-24-20-22-30-61(48)63)40-65(67)78(70)64-39-49-33-31-47-23-19-21-29-60(47)62(49)45-66(64)82(68)58-25-15-13-16-26-58/h13-46H,1-12H3. The molecule has 83 heavy (non-hydrogen) atoms. The SMILES string of the molecule is CC(C)(C)c1cc(-c2nc(-c3cc(C(C)(C)C)cc(C(C)(C)C)c3)nc(-c3cc4c5c(c3)N(c3ccccc3)c3cc6c(ccc7ccccc76)cc3B5c3cc5ccc6ccccc6c5cc3N4c3ccccc3)n2)cc(C(C)(C)C)c1. The summed E-state index contributed by atoms with van der Waals surface area (Å²) < 4.78 is 0. The lowest BCUT2D eigenvalue weighted by Crippen LogP contribution is -2.61. The van der Waals surface area contributed by atoms with Gasteiger partial charge in [-0.1, -0.05) is 217 Å². The van der Waals surface area contributed by atoms with Crippen LogP contribution in [-0.4, -0.2) is 21.7 Å². The van der Waals surface area contributed by atoms with Gasteiger partial charge in [-0.2, -0.15) is 0 Å². The normalized spacial score (nSPS) is 13.5. The lowest BCUT2D eigenvalue weighted by molar-refractivity contribution is 0.568. The minimum Gasteiger partial charge on any atom is -0.311 e. The van der Waals surface area contributed by atoms with E-state index < -0.39 is 0 Å². The van der Waals surface area contributed by atoms with E-state index in [1.54, 1.807) is 0 Å². The number of aromatic nitrogens is 3. The molecule has 0 amide bonds. The van der Waals surface area contributed by atoms with Crippen LogP contribution in [-0.2, 0) is 21.7 Å². The maximum absolute atomic E-state index is 5.72. The molecule has 6 heteroatoms. The number of fused-ring (bicyclic) bond motifs is 10. The summed E-state index contributed by atoms with van der Waals surface area (Å²) in [5.74, 6) is 1.91. The van der Waals surface area contributed by atoms with Crippen molar-refractivity contribution in [1.82, 2.24) is 15.0 Å². The van der Waals surface area contributed by atoms with Crippen molar-refractivity contribution in [3.8, 4) is 34.2 Å². The fourth-order valence-electron chi connectivity index (χ4n) is 12.8. The monoisotopic (exact) mass is 1080 g/mol. The van der Waals surface area contributed by atoms with Crippen LogP contribution >= 0.6 is 0 Å². The molecule has 2 aliphatic rings. The van der Waals surface area contributed by atoms with Gasteiger partial charge < -0.3 is 9.80 Å². The molecule has 1 aromatic heterocycles. The zero-order valence-corrected chi connectivity index (χ0v) is 49.9. The molecule has 0 saturated carbocycles. The van der Waals surface area contributed by atoms with Crippen LogP contribution in [0.15, 0.2) is 206 Å². The van der Waals surface area contributed by atoms with E-state index in [-0.39, 0.29) is 28.4 Å². The van der Waals surface area contributed by atoms with Crippen molar-refractivity contribution in [3.05, 3.63) is 229 Å². The van der Waals surface area contributed by atoms with Gasteiger partial charge in [-0.05, 0) is 176 Å². The minimum absolute atomic E-state index is 0.126. The van der Waals surface area contributed by atoms with Gasteiger partial charge in [0.2, 0.25) is 0 Å². The largest absolute Gasteiger partial charge is 0.311 e. The highest BCUT2D eigenvalue weighted by molar-refractivity contribution is 7.00. The fourth-order valence-corrected chi connectivity index (χ4v) is 12.8. The van der Waals surface area contributed by atoms with E-state index in [2.05, 4.69) is 299 Å². The molecule has 0 aliphatic carbocycles. The van der Waals surface area contributed by atoms with E-state index in [0.717, 1.165) is 50.8 Å². The molecule has 0 atom stereocenters. The predicted octanol–water partition coefficient (Wildman–Crippen LogP) is 18.8. The van der Waals surface area contributed by atoms with Crippen LogP contribution in [0, 0.1) is 0 Å². The van der Waals surface area contributed by atoms with Crippen molar-refractivity contribution < 1.29 is 0 Å². The summed E-state index contributed by atoms with van der Waals surface area (Å²) in [6.45, 7) is 27.4. The smallest absolute Gasteiger partial charge is 0.252 e. The van der Waals surface area contributed by atoms with Crippen LogP contribution in [0.2, 0.25) is 0 Å². The predicted molar refractivity (Wildman–Crippen MR) is 355 cm³/mol. The molecule has 0 unspecified atom stereocenters. The molecule has 14 rings (SSSR count). The van der Waals surface area contributed by atoms with E-state index in [1.165, 1.54) is 81.7 Å². The van der Waals surface area contributed by atoms with Crippen LogP contribution in [0.25, 0.3) is 77.3 Å². The molecule has 12 aromatic rings. The first-order valence-corrected chi connectivity index (χ1v) is 29.5. The van der Waals surface area contributed by atoms with E-state index in [9.17, 15) is 0 Å². The van der Waals surface area contributed by atoms with Gasteiger partial charge in [-0.3, -0.25) is 0 Å². The van der Waals surface area contributed by atoms with Crippen LogP contribution < -0.4 is 26.2 Å². The van der Waals surface area contributed by atoms with Crippen molar-refractivity contribution in [3.63, 3.8) is 0 Å². The number of rotatable bonds is 5. The third-order valence-corrected chi connectivity index (χ3v) is 17.6. The Bertz CT molecular complexity index is 4260. The first kappa shape index (κ1) is 52.2. The Morgan fingerprint density at radius 2 is 0.614 bits per heavy atom. The molecule has 0 radical (unpaired) electrons. The molecule has 3 heterocycles. The van der Waals surface area contributed by atoms with Gasteiger partial charge in [0, 0.05) is 50.8 Å². The Hall–Kier alpha value is -8.87. The number of anilines is 6. The minimum atomic E-state index is -0.137. The first-order valence-electron chi connectivity index (χ1n) is 29.5. The number of hydrogen-bond acceptors (Lipinski definition) is 5. The van der Waals surface area contributed by atoms with E-state index in [0.29, 0.717) is 17.5 Å². The fraction of sp³-hybridized carbons (Fsp3) is 0.208. The zero-order chi connectivity index (χ0) is 57.5. The van der Waals surface area contributed by atoms with Gasteiger partial charge in [0.15, 0.2) is 17.5 Å². The van der Waals surface area contributed by atoms with E-state index in [1.807, 2.05) is 0 Å². The number of nitrogens with zero attached hydrogens (tertiary/aromatic N) is 5. The molecule has 406 valence electrons. The Balaban J connectivity index is 1.13. The highest BCUT2D eigenvalue weighted by Crippen LogP contribution is 2.48. The van der Waals surface area contributed by atoms with Gasteiger partial charge >= 0.3 is 0 Å². The van der Waals surface area contributed by atoms with Crippen molar-refractivity contribution in [2.24, 2.45) is 0 Å². The average molecular weight is 1080 g/mol. The van der Waals surface area contributed by atoms with Crippen LogP contribution in [0.4, 0.5) is 34.1 Å². The number of hydrogen-bond donors (Lipinski definition) is 0. The summed E-state index contributed by atoms with van der Waals surface area (Å²) in [7, 11) is 0. The number of para-hydroxylation sites is 2. The topological polar surface area (TPSA) is 45.2 Å². The second-order valence-electron chi connectivity index (χ2n) is 27.4. The lowest BCUT2D eigenvalue weighted by atomic mass is 9.33. The molecular weight excluding hydrogens is 1010 g/mol. The van der Waals surface area contributed by atoms with Gasteiger partial charge in [0.1, 0.15) is 0 Å². The average Bonchev–Trinajstić information content (AvgIpc) is 1.03. The molecule has 0 spiro atoms. The molecule has 11 aromatic carbocycles. The molecule has 2 aliphatic heterocycles. The summed E-state index contributed by atoms with van der Waals surface area (Å²) in [6.07, 6.45) is 0. The van der Waals surface area contributed by atoms with Crippen molar-refractivity contribution in [2.45, 2.75) is 105 Å². The Kier molecular flexibility index (Phi) is 11.9. The summed E-state index contributed by atoms with van der Waals surface area (Å²) in [6, 6.07) is 77.4. The van der Waals surface area contributed by atoms with Gasteiger partial charge in [0.05, 0.1) is 0 Å². The maximum Gasteiger partial charge on any atom is 0.252 e. The zero-order valence-electron chi connectivity index (χ0n) is 49.9. The molecule has 0 saturated heterocycles. The van der Waals surface area contributed by atoms with E-state index >= 15 is 0 Å². The highest BCUT2D eigenvalue weighted by Gasteiger charge is 2.44. The molecule has 0 fully saturated rings. The lowest BCUT2D eigenvalue weighted by Gasteiger charge is -2.44. The van der Waals surface area contributed by atoms with Crippen LogP contribution in [0.5, 0.6) is 0 Å². The first-order chi connectivity index (χ1) is 39.6. The summed E-state index contributed by atoms with van der Waals surface area (Å²) in [5, 5.41) is 9.80. The summed E-state index contributed by atoms with van der Waals surface area (Å²) in [5.41, 5.74) is 17.7.